The molecule has 0 unspecified atom stereocenters. The fourth-order valence-corrected chi connectivity index (χ4v) is 5.98. The van der Waals surface area contributed by atoms with Crippen molar-refractivity contribution in [3.63, 3.8) is 0 Å². The molecule has 1 aliphatic rings. The number of carbonyl (C=O) groups excluding carboxylic acids is 1. The maximum atomic E-state index is 13.1. The zero-order chi connectivity index (χ0) is 23.3. The van der Waals surface area contributed by atoms with Gasteiger partial charge in [-0.25, -0.2) is 18.4 Å². The van der Waals surface area contributed by atoms with Gasteiger partial charge in [0.2, 0.25) is 16.0 Å². The van der Waals surface area contributed by atoms with Crippen LogP contribution in [0.3, 0.4) is 0 Å². The summed E-state index contributed by atoms with van der Waals surface area (Å²) in [6.45, 7) is 1.07. The van der Waals surface area contributed by atoms with Crippen molar-refractivity contribution in [2.75, 3.05) is 18.4 Å². The topological polar surface area (TPSA) is 96.7 Å². The minimum atomic E-state index is -3.53. The molecule has 34 heavy (non-hydrogen) atoms. The van der Waals surface area contributed by atoms with E-state index in [1.54, 1.807) is 0 Å². The van der Waals surface area contributed by atoms with E-state index in [4.69, 9.17) is 4.98 Å². The number of amides is 1. The minimum Gasteiger partial charge on any atom is -0.291 e. The van der Waals surface area contributed by atoms with Crippen molar-refractivity contribution in [2.24, 2.45) is 0 Å². The van der Waals surface area contributed by atoms with Gasteiger partial charge in [-0.05, 0) is 61.4 Å². The largest absolute Gasteiger partial charge is 0.291 e. The number of fused-ring (bicyclic) bond motifs is 5. The number of anilines is 1. The highest BCUT2D eigenvalue weighted by molar-refractivity contribution is 7.89. The summed E-state index contributed by atoms with van der Waals surface area (Å²) in [4.78, 5) is 22.8. The molecule has 1 N–H and O–H groups in total. The van der Waals surface area contributed by atoms with Gasteiger partial charge >= 0.3 is 0 Å². The van der Waals surface area contributed by atoms with Crippen LogP contribution in [0.5, 0.6) is 0 Å². The Kier molecular flexibility index (Phi) is 4.82. The summed E-state index contributed by atoms with van der Waals surface area (Å²) in [6, 6.07) is 21.4. The number of hydrogen-bond acceptors (Lipinski definition) is 5. The molecule has 8 nitrogen and oxygen atoms in total. The van der Waals surface area contributed by atoms with Crippen molar-refractivity contribution in [1.29, 1.82) is 0 Å². The Labute approximate surface area is 195 Å². The fourth-order valence-electron chi connectivity index (χ4n) is 4.46. The summed E-state index contributed by atoms with van der Waals surface area (Å²) in [5.41, 5.74) is 3.39. The molecular formula is C25H21N5O3S. The minimum absolute atomic E-state index is 0.192. The Hall–Kier alpha value is -3.82. The summed E-state index contributed by atoms with van der Waals surface area (Å²) in [7, 11) is -3.53. The first kappa shape index (κ1) is 20.8. The van der Waals surface area contributed by atoms with E-state index in [9.17, 15) is 13.2 Å². The molecule has 0 saturated carbocycles. The van der Waals surface area contributed by atoms with E-state index in [-0.39, 0.29) is 10.8 Å². The number of benzene rings is 3. The SMILES string of the molecule is O=C(Nc1nc2ccccc2c2nc3ccccc3n12)c1ccc(S(=O)(=O)N2CCCC2)cc1. The zero-order valence-electron chi connectivity index (χ0n) is 18.2. The molecule has 0 bridgehead atoms. The molecule has 1 fully saturated rings. The molecule has 0 radical (unpaired) electrons. The second kappa shape index (κ2) is 7.89. The van der Waals surface area contributed by atoms with E-state index in [2.05, 4.69) is 10.3 Å². The summed E-state index contributed by atoms with van der Waals surface area (Å²) in [6.07, 6.45) is 1.74. The summed E-state index contributed by atoms with van der Waals surface area (Å²) in [5, 5.41) is 3.78. The number of imidazole rings is 1. The van der Waals surface area contributed by atoms with E-state index < -0.39 is 10.0 Å². The summed E-state index contributed by atoms with van der Waals surface area (Å²) >= 11 is 0. The lowest BCUT2D eigenvalue weighted by Crippen LogP contribution is -2.27. The van der Waals surface area contributed by atoms with Crippen molar-refractivity contribution in [3.8, 4) is 0 Å². The van der Waals surface area contributed by atoms with Crippen LogP contribution in [0.4, 0.5) is 5.95 Å². The first-order chi connectivity index (χ1) is 16.5. The molecule has 1 saturated heterocycles. The molecule has 3 heterocycles. The lowest BCUT2D eigenvalue weighted by Gasteiger charge is -2.15. The normalized spacial score (nSPS) is 14.8. The van der Waals surface area contributed by atoms with Crippen LogP contribution in [0, 0.1) is 0 Å². The van der Waals surface area contributed by atoms with E-state index in [1.807, 2.05) is 52.9 Å². The predicted octanol–water partition coefficient (Wildman–Crippen LogP) is 4.07. The van der Waals surface area contributed by atoms with Crippen LogP contribution < -0.4 is 5.32 Å². The number of aromatic nitrogens is 3. The summed E-state index contributed by atoms with van der Waals surface area (Å²) in [5.74, 6) is -0.0341. The van der Waals surface area contributed by atoms with Crippen LogP contribution in [0.15, 0.2) is 77.7 Å². The van der Waals surface area contributed by atoms with E-state index in [0.29, 0.717) is 35.8 Å². The van der Waals surface area contributed by atoms with Crippen LogP contribution in [0.2, 0.25) is 0 Å². The van der Waals surface area contributed by atoms with E-state index in [1.165, 1.54) is 28.6 Å². The highest BCUT2D eigenvalue weighted by atomic mass is 32.2. The molecule has 3 aromatic carbocycles. The molecule has 9 heteroatoms. The maximum absolute atomic E-state index is 13.1. The van der Waals surface area contributed by atoms with Crippen molar-refractivity contribution < 1.29 is 13.2 Å². The molecule has 2 aromatic heterocycles. The smallest absolute Gasteiger partial charge is 0.257 e. The van der Waals surface area contributed by atoms with Gasteiger partial charge in [-0.1, -0.05) is 24.3 Å². The lowest BCUT2D eigenvalue weighted by atomic mass is 10.2. The Morgan fingerprint density at radius 1 is 0.824 bits per heavy atom. The number of nitrogens with one attached hydrogen (secondary N) is 1. The van der Waals surface area contributed by atoms with Crippen molar-refractivity contribution >= 4 is 49.5 Å². The number of nitrogens with zero attached hydrogens (tertiary/aromatic N) is 4. The van der Waals surface area contributed by atoms with Crippen LogP contribution in [-0.2, 0) is 10.0 Å². The molecule has 6 rings (SSSR count). The van der Waals surface area contributed by atoms with Gasteiger partial charge in [0.1, 0.15) is 5.65 Å². The van der Waals surface area contributed by atoms with Gasteiger partial charge in [0.25, 0.3) is 5.91 Å². The molecule has 1 aliphatic heterocycles. The Morgan fingerprint density at radius 2 is 1.50 bits per heavy atom. The van der Waals surface area contributed by atoms with Crippen LogP contribution in [0.1, 0.15) is 23.2 Å². The molecule has 0 aliphatic carbocycles. The number of rotatable bonds is 4. The lowest BCUT2D eigenvalue weighted by molar-refractivity contribution is 0.102. The first-order valence-corrected chi connectivity index (χ1v) is 12.5. The zero-order valence-corrected chi connectivity index (χ0v) is 19.0. The Morgan fingerprint density at radius 3 is 2.26 bits per heavy atom. The number of para-hydroxylation sites is 3. The number of hydrogen-bond donors (Lipinski definition) is 1. The van der Waals surface area contributed by atoms with Crippen molar-refractivity contribution in [1.82, 2.24) is 18.7 Å². The average molecular weight is 472 g/mol. The van der Waals surface area contributed by atoms with Crippen molar-refractivity contribution in [3.05, 3.63) is 78.4 Å². The van der Waals surface area contributed by atoms with Crippen LogP contribution in [0.25, 0.3) is 27.6 Å². The van der Waals surface area contributed by atoms with Gasteiger partial charge in [-0.2, -0.15) is 4.31 Å². The molecule has 1 amide bonds. The third-order valence-electron chi connectivity index (χ3n) is 6.19. The number of carbonyl (C=O) groups is 1. The molecule has 5 aromatic rings. The van der Waals surface area contributed by atoms with Gasteiger partial charge in [0.05, 0.1) is 21.4 Å². The second-order valence-electron chi connectivity index (χ2n) is 8.30. The molecule has 0 spiro atoms. The Balaban J connectivity index is 1.39. The average Bonchev–Trinajstić information content (AvgIpc) is 3.53. The third kappa shape index (κ3) is 3.32. The highest BCUT2D eigenvalue weighted by Gasteiger charge is 2.27. The maximum Gasteiger partial charge on any atom is 0.257 e. The van der Waals surface area contributed by atoms with Gasteiger partial charge in [0.15, 0.2) is 0 Å². The fraction of sp³-hybridized carbons (Fsp3) is 0.160. The predicted molar refractivity (Wildman–Crippen MR) is 130 cm³/mol. The van der Waals surface area contributed by atoms with Gasteiger partial charge in [0, 0.05) is 24.0 Å². The van der Waals surface area contributed by atoms with Crippen molar-refractivity contribution in [2.45, 2.75) is 17.7 Å². The van der Waals surface area contributed by atoms with Gasteiger partial charge in [-0.3, -0.25) is 14.5 Å². The quantitative estimate of drug-likeness (QED) is 0.426. The molecular weight excluding hydrogens is 450 g/mol. The number of sulfonamides is 1. The van der Waals surface area contributed by atoms with E-state index in [0.717, 1.165) is 29.3 Å². The Bertz CT molecular complexity index is 1670. The second-order valence-corrected chi connectivity index (χ2v) is 10.2. The monoisotopic (exact) mass is 471 g/mol. The summed E-state index contributed by atoms with van der Waals surface area (Å²) < 4.78 is 28.9. The standard InChI is InChI=1S/C25H21N5O3S/c31-24(17-11-13-18(14-12-17)34(32,33)29-15-5-6-16-29)28-25-27-20-8-2-1-7-19(20)23-26-21-9-3-4-10-22(21)30(23)25/h1-4,7-14H,5-6,15-16H2,(H,27,28,31). The molecule has 170 valence electrons. The highest BCUT2D eigenvalue weighted by Crippen LogP contribution is 2.27. The third-order valence-corrected chi connectivity index (χ3v) is 8.10. The molecule has 0 atom stereocenters. The first-order valence-electron chi connectivity index (χ1n) is 11.1. The van der Waals surface area contributed by atoms with Crippen LogP contribution >= 0.6 is 0 Å². The van der Waals surface area contributed by atoms with Crippen LogP contribution in [-0.4, -0.2) is 46.1 Å². The van der Waals surface area contributed by atoms with E-state index >= 15 is 0 Å². The van der Waals surface area contributed by atoms with Gasteiger partial charge < -0.3 is 0 Å². The van der Waals surface area contributed by atoms with Gasteiger partial charge in [-0.15, -0.1) is 0 Å².